The topological polar surface area (TPSA) is 86.6 Å². The number of hydrogen-bond acceptors (Lipinski definition) is 5. The molecule has 5 rings (SSSR count). The third-order valence-corrected chi connectivity index (χ3v) is 6.97. The van der Waals surface area contributed by atoms with E-state index in [1.54, 1.807) is 53.2 Å². The van der Waals surface area contributed by atoms with Gasteiger partial charge < -0.3 is 19.4 Å². The molecule has 0 aliphatic carbocycles. The van der Waals surface area contributed by atoms with Crippen LogP contribution in [0.2, 0.25) is 0 Å². The number of benzene rings is 3. The third-order valence-electron chi connectivity index (χ3n) is 5.26. The molecule has 2 heterocycles. The Balaban J connectivity index is 1.42. The van der Waals surface area contributed by atoms with E-state index in [1.165, 1.54) is 0 Å². The van der Waals surface area contributed by atoms with Crippen molar-refractivity contribution in [3.8, 4) is 11.5 Å². The van der Waals surface area contributed by atoms with Crippen LogP contribution < -0.4 is 14.8 Å². The van der Waals surface area contributed by atoms with Gasteiger partial charge in [-0.2, -0.15) is 0 Å². The molecule has 0 saturated heterocycles. The molecular formula is C24H20N2O5S. The van der Waals surface area contributed by atoms with E-state index >= 15 is 0 Å². The molecule has 0 fully saturated rings. The molecule has 4 aromatic rings. The van der Waals surface area contributed by atoms with Crippen LogP contribution in [0.15, 0.2) is 83.9 Å². The first-order valence-corrected chi connectivity index (χ1v) is 11.7. The Morgan fingerprint density at radius 3 is 2.53 bits per heavy atom. The minimum Gasteiger partial charge on any atom is -0.454 e. The Bertz CT molecular complexity index is 1410. The Kier molecular flexibility index (Phi) is 5.07. The van der Waals surface area contributed by atoms with Gasteiger partial charge in [0.15, 0.2) is 21.3 Å². The van der Waals surface area contributed by atoms with Crippen molar-refractivity contribution >= 4 is 32.3 Å². The highest BCUT2D eigenvalue weighted by molar-refractivity contribution is 7.90. The molecule has 32 heavy (non-hydrogen) atoms. The summed E-state index contributed by atoms with van der Waals surface area (Å²) in [4.78, 5) is 12.9. The van der Waals surface area contributed by atoms with E-state index in [4.69, 9.17) is 9.47 Å². The second kappa shape index (κ2) is 8.05. The number of carbonyl (C=O) groups is 1. The van der Waals surface area contributed by atoms with Crippen molar-refractivity contribution in [2.45, 2.75) is 17.2 Å². The molecule has 0 saturated carbocycles. The Morgan fingerprint density at radius 1 is 0.938 bits per heavy atom. The first-order valence-electron chi connectivity index (χ1n) is 10.0. The number of rotatable bonds is 6. The fourth-order valence-corrected chi connectivity index (χ4v) is 5.37. The molecule has 0 spiro atoms. The van der Waals surface area contributed by atoms with E-state index in [0.717, 1.165) is 0 Å². The molecule has 0 atom stereocenters. The van der Waals surface area contributed by atoms with Gasteiger partial charge in [-0.05, 0) is 23.8 Å². The fraction of sp³-hybridized carbons (Fsp3) is 0.125. The van der Waals surface area contributed by atoms with Gasteiger partial charge in [-0.1, -0.05) is 48.5 Å². The SMILES string of the molecule is O=C(Cn1cc(S(=O)(=O)Cc2ccccc2)c2ccccc21)Nc1ccc2c(c1)OCO2. The van der Waals surface area contributed by atoms with E-state index < -0.39 is 9.84 Å². The molecule has 1 N–H and O–H groups in total. The molecule has 0 radical (unpaired) electrons. The van der Waals surface area contributed by atoms with Crippen LogP contribution in [-0.4, -0.2) is 25.7 Å². The van der Waals surface area contributed by atoms with Crippen LogP contribution in [0.3, 0.4) is 0 Å². The number of nitrogens with one attached hydrogen (secondary N) is 1. The quantitative estimate of drug-likeness (QED) is 0.482. The van der Waals surface area contributed by atoms with Crippen LogP contribution >= 0.6 is 0 Å². The molecule has 7 nitrogen and oxygen atoms in total. The Morgan fingerprint density at radius 2 is 1.69 bits per heavy atom. The maximum absolute atomic E-state index is 13.2. The summed E-state index contributed by atoms with van der Waals surface area (Å²) in [5.74, 6) is 0.818. The highest BCUT2D eigenvalue weighted by Crippen LogP contribution is 2.34. The molecule has 1 aromatic heterocycles. The number of carbonyl (C=O) groups excluding carboxylic acids is 1. The van der Waals surface area contributed by atoms with Gasteiger partial charge in [-0.3, -0.25) is 4.79 Å². The molecule has 1 aliphatic heterocycles. The van der Waals surface area contributed by atoms with Crippen LogP contribution in [0, 0.1) is 0 Å². The van der Waals surface area contributed by atoms with Crippen molar-refractivity contribution in [3.63, 3.8) is 0 Å². The number of fused-ring (bicyclic) bond motifs is 2. The minimum atomic E-state index is -3.60. The number of aromatic nitrogens is 1. The lowest BCUT2D eigenvalue weighted by Crippen LogP contribution is -2.18. The summed E-state index contributed by atoms with van der Waals surface area (Å²) < 4.78 is 38.6. The van der Waals surface area contributed by atoms with Crippen LogP contribution in [0.4, 0.5) is 5.69 Å². The molecule has 0 unspecified atom stereocenters. The summed E-state index contributed by atoms with van der Waals surface area (Å²) >= 11 is 0. The van der Waals surface area contributed by atoms with E-state index in [0.29, 0.717) is 33.7 Å². The standard InChI is InChI=1S/C24H20N2O5S/c27-24(25-18-10-11-21-22(12-18)31-16-30-21)14-26-13-23(19-8-4-5-9-20(19)26)32(28,29)15-17-6-2-1-3-7-17/h1-13H,14-16H2,(H,25,27). The molecule has 8 heteroatoms. The number of amides is 1. The monoisotopic (exact) mass is 448 g/mol. The zero-order valence-corrected chi connectivity index (χ0v) is 17.8. The lowest BCUT2D eigenvalue weighted by molar-refractivity contribution is -0.116. The van der Waals surface area contributed by atoms with Crippen LogP contribution in [0.1, 0.15) is 5.56 Å². The number of sulfone groups is 1. The Labute approximate surface area is 185 Å². The maximum atomic E-state index is 13.2. The molecule has 162 valence electrons. The van der Waals surface area contributed by atoms with Crippen LogP contribution in [0.25, 0.3) is 10.9 Å². The van der Waals surface area contributed by atoms with Crippen molar-refractivity contribution in [2.24, 2.45) is 0 Å². The van der Waals surface area contributed by atoms with E-state index in [2.05, 4.69) is 5.32 Å². The summed E-state index contributed by atoms with van der Waals surface area (Å²) in [6.45, 7) is 0.123. The van der Waals surface area contributed by atoms with Gasteiger partial charge in [0.05, 0.1) is 10.6 Å². The lowest BCUT2D eigenvalue weighted by Gasteiger charge is -2.08. The summed E-state index contributed by atoms with van der Waals surface area (Å²) in [7, 11) is -3.60. The lowest BCUT2D eigenvalue weighted by atomic mass is 10.2. The van der Waals surface area contributed by atoms with Crippen molar-refractivity contribution in [1.29, 1.82) is 0 Å². The van der Waals surface area contributed by atoms with Crippen molar-refractivity contribution in [3.05, 3.63) is 84.6 Å². The zero-order chi connectivity index (χ0) is 22.1. The summed E-state index contributed by atoms with van der Waals surface area (Å²) in [6, 6.07) is 21.4. The first-order chi connectivity index (χ1) is 15.5. The van der Waals surface area contributed by atoms with Crippen molar-refractivity contribution < 1.29 is 22.7 Å². The predicted octanol–water partition coefficient (Wildman–Crippen LogP) is 3.98. The second-order valence-electron chi connectivity index (χ2n) is 7.50. The largest absolute Gasteiger partial charge is 0.454 e. The highest BCUT2D eigenvalue weighted by atomic mass is 32.2. The average Bonchev–Trinajstić information content (AvgIpc) is 3.39. The van der Waals surface area contributed by atoms with Crippen LogP contribution in [-0.2, 0) is 26.9 Å². The van der Waals surface area contributed by atoms with Crippen molar-refractivity contribution in [1.82, 2.24) is 4.57 Å². The molecule has 3 aromatic carbocycles. The number of hydrogen-bond donors (Lipinski definition) is 1. The number of anilines is 1. The maximum Gasteiger partial charge on any atom is 0.244 e. The summed E-state index contributed by atoms with van der Waals surface area (Å²) in [5.41, 5.74) is 1.97. The van der Waals surface area contributed by atoms with E-state index in [-0.39, 0.29) is 29.9 Å². The van der Waals surface area contributed by atoms with Crippen LogP contribution in [0.5, 0.6) is 11.5 Å². The van der Waals surface area contributed by atoms with Gasteiger partial charge in [0, 0.05) is 28.9 Å². The molecule has 1 amide bonds. The zero-order valence-electron chi connectivity index (χ0n) is 17.0. The van der Waals surface area contributed by atoms with Gasteiger partial charge in [0.25, 0.3) is 0 Å². The van der Waals surface area contributed by atoms with Gasteiger partial charge in [-0.25, -0.2) is 8.42 Å². The summed E-state index contributed by atoms with van der Waals surface area (Å²) in [6.07, 6.45) is 1.54. The Hall–Kier alpha value is -3.78. The fourth-order valence-electron chi connectivity index (χ4n) is 3.79. The second-order valence-corrected chi connectivity index (χ2v) is 9.46. The first kappa shape index (κ1) is 20.1. The number of nitrogens with zero attached hydrogens (tertiary/aromatic N) is 1. The highest BCUT2D eigenvalue weighted by Gasteiger charge is 2.22. The molecular weight excluding hydrogens is 428 g/mol. The van der Waals surface area contributed by atoms with Gasteiger partial charge in [0.1, 0.15) is 6.54 Å². The van der Waals surface area contributed by atoms with Gasteiger partial charge in [-0.15, -0.1) is 0 Å². The van der Waals surface area contributed by atoms with Gasteiger partial charge >= 0.3 is 0 Å². The van der Waals surface area contributed by atoms with Gasteiger partial charge in [0.2, 0.25) is 12.7 Å². The molecule has 1 aliphatic rings. The predicted molar refractivity (Wildman–Crippen MR) is 120 cm³/mol. The third kappa shape index (κ3) is 3.92. The smallest absolute Gasteiger partial charge is 0.244 e. The van der Waals surface area contributed by atoms with E-state index in [1.807, 2.05) is 30.3 Å². The average molecular weight is 449 g/mol. The summed E-state index contributed by atoms with van der Waals surface area (Å²) in [5, 5.41) is 3.42. The van der Waals surface area contributed by atoms with E-state index in [9.17, 15) is 13.2 Å². The minimum absolute atomic E-state index is 0.0319. The van der Waals surface area contributed by atoms with Crippen molar-refractivity contribution in [2.75, 3.05) is 12.1 Å². The normalized spacial score (nSPS) is 12.8. The number of para-hydroxylation sites is 1. The molecule has 0 bridgehead atoms. The number of ether oxygens (including phenoxy) is 2.